The van der Waals surface area contributed by atoms with Gasteiger partial charge in [0.1, 0.15) is 5.78 Å². The van der Waals surface area contributed by atoms with Gasteiger partial charge < -0.3 is 0 Å². The second kappa shape index (κ2) is 5.27. The molecule has 0 bridgehead atoms. The van der Waals surface area contributed by atoms with E-state index in [4.69, 9.17) is 4.18 Å². The first-order chi connectivity index (χ1) is 7.29. The van der Waals surface area contributed by atoms with Crippen molar-refractivity contribution in [1.29, 1.82) is 0 Å². The van der Waals surface area contributed by atoms with Gasteiger partial charge in [-0.1, -0.05) is 6.92 Å². The summed E-state index contributed by atoms with van der Waals surface area (Å²) >= 11 is 0. The molecule has 0 saturated heterocycles. The molecule has 0 spiro atoms. The van der Waals surface area contributed by atoms with Crippen molar-refractivity contribution >= 4 is 15.9 Å². The molecular weight excluding hydrogens is 228 g/mol. The fourth-order valence-electron chi connectivity index (χ4n) is 2.26. The van der Waals surface area contributed by atoms with E-state index in [-0.39, 0.29) is 17.8 Å². The molecular formula is C11H20O4S. The van der Waals surface area contributed by atoms with Gasteiger partial charge in [0, 0.05) is 5.92 Å². The van der Waals surface area contributed by atoms with Crippen LogP contribution >= 0.6 is 0 Å². The van der Waals surface area contributed by atoms with Crippen LogP contribution in [0.25, 0.3) is 0 Å². The summed E-state index contributed by atoms with van der Waals surface area (Å²) in [5.41, 5.74) is 0. The van der Waals surface area contributed by atoms with Crippen LogP contribution in [0.15, 0.2) is 0 Å². The van der Waals surface area contributed by atoms with Crippen molar-refractivity contribution in [3.63, 3.8) is 0 Å². The van der Waals surface area contributed by atoms with Crippen LogP contribution in [0.2, 0.25) is 0 Å². The Labute approximate surface area is 97.5 Å². The Hall–Kier alpha value is -0.420. The summed E-state index contributed by atoms with van der Waals surface area (Å²) in [6.45, 7) is 3.56. The predicted molar refractivity (Wildman–Crippen MR) is 61.5 cm³/mol. The molecule has 1 fully saturated rings. The Morgan fingerprint density at radius 3 is 2.12 bits per heavy atom. The average molecular weight is 248 g/mol. The topological polar surface area (TPSA) is 60.4 Å². The number of rotatable bonds is 4. The Morgan fingerprint density at radius 2 is 1.75 bits per heavy atom. The zero-order valence-corrected chi connectivity index (χ0v) is 10.9. The monoisotopic (exact) mass is 248 g/mol. The molecule has 1 rings (SSSR count). The van der Waals surface area contributed by atoms with Crippen molar-refractivity contribution in [1.82, 2.24) is 0 Å². The minimum atomic E-state index is -3.34. The van der Waals surface area contributed by atoms with Gasteiger partial charge in [0.15, 0.2) is 0 Å². The first-order valence-corrected chi connectivity index (χ1v) is 7.50. The first kappa shape index (κ1) is 13.6. The van der Waals surface area contributed by atoms with E-state index >= 15 is 0 Å². The number of carbonyl (C=O) groups excluding carboxylic acids is 1. The van der Waals surface area contributed by atoms with Crippen molar-refractivity contribution in [3.8, 4) is 0 Å². The molecule has 1 saturated carbocycles. The molecule has 4 nitrogen and oxygen atoms in total. The number of carbonyl (C=O) groups is 1. The zero-order valence-electron chi connectivity index (χ0n) is 10.1. The third-order valence-corrected chi connectivity index (χ3v) is 4.00. The van der Waals surface area contributed by atoms with Gasteiger partial charge in [0.05, 0.1) is 12.4 Å². The summed E-state index contributed by atoms with van der Waals surface area (Å²) in [6.07, 6.45) is 4.11. The van der Waals surface area contributed by atoms with Gasteiger partial charge in [0.25, 0.3) is 10.1 Å². The van der Waals surface area contributed by atoms with Crippen LogP contribution in [-0.2, 0) is 19.1 Å². The molecule has 0 aliphatic heterocycles. The van der Waals surface area contributed by atoms with Crippen molar-refractivity contribution in [2.75, 3.05) is 6.26 Å². The van der Waals surface area contributed by atoms with Gasteiger partial charge in [0.2, 0.25) is 0 Å². The van der Waals surface area contributed by atoms with Crippen molar-refractivity contribution in [2.45, 2.75) is 45.6 Å². The van der Waals surface area contributed by atoms with Crippen molar-refractivity contribution in [3.05, 3.63) is 0 Å². The van der Waals surface area contributed by atoms with Gasteiger partial charge in [-0.15, -0.1) is 0 Å². The molecule has 0 aromatic carbocycles. The summed E-state index contributed by atoms with van der Waals surface area (Å²) in [6, 6.07) is 0. The Balaban J connectivity index is 2.43. The molecule has 0 heterocycles. The SMILES string of the molecule is CC(=O)C(C)C1CCC(OS(C)(=O)=O)CC1. The molecule has 1 atom stereocenters. The van der Waals surface area contributed by atoms with Crippen LogP contribution in [0.5, 0.6) is 0 Å². The Bertz CT molecular complexity index is 339. The third kappa shape index (κ3) is 4.22. The molecule has 1 aliphatic rings. The summed E-state index contributed by atoms with van der Waals surface area (Å²) in [5.74, 6) is 0.684. The highest BCUT2D eigenvalue weighted by atomic mass is 32.2. The largest absolute Gasteiger partial charge is 0.300 e. The van der Waals surface area contributed by atoms with Crippen LogP contribution in [0, 0.1) is 11.8 Å². The van der Waals surface area contributed by atoms with E-state index in [1.54, 1.807) is 6.92 Å². The van der Waals surface area contributed by atoms with Crippen LogP contribution in [0.4, 0.5) is 0 Å². The number of hydrogen-bond donors (Lipinski definition) is 0. The van der Waals surface area contributed by atoms with Crippen LogP contribution in [-0.4, -0.2) is 26.6 Å². The van der Waals surface area contributed by atoms with Gasteiger partial charge in [-0.05, 0) is 38.5 Å². The van der Waals surface area contributed by atoms with Crippen LogP contribution in [0.1, 0.15) is 39.5 Å². The average Bonchev–Trinajstić information content (AvgIpc) is 2.15. The molecule has 0 aromatic rings. The molecule has 16 heavy (non-hydrogen) atoms. The van der Waals surface area contributed by atoms with E-state index in [1.165, 1.54) is 0 Å². The Kier molecular flexibility index (Phi) is 4.50. The van der Waals surface area contributed by atoms with E-state index in [1.807, 2.05) is 6.92 Å². The summed E-state index contributed by atoms with van der Waals surface area (Å²) < 4.78 is 26.8. The van der Waals surface area contributed by atoms with E-state index < -0.39 is 10.1 Å². The fraction of sp³-hybridized carbons (Fsp3) is 0.909. The first-order valence-electron chi connectivity index (χ1n) is 5.68. The summed E-state index contributed by atoms with van der Waals surface area (Å²) in [4.78, 5) is 11.2. The van der Waals surface area contributed by atoms with Gasteiger partial charge in [-0.2, -0.15) is 8.42 Å². The normalized spacial score (nSPS) is 28.7. The molecule has 0 amide bonds. The number of Topliss-reactive ketones (excluding diaryl/α,β-unsaturated/α-hetero) is 1. The molecule has 5 heteroatoms. The minimum absolute atomic E-state index is 0.0826. The molecule has 1 aliphatic carbocycles. The molecule has 1 unspecified atom stereocenters. The lowest BCUT2D eigenvalue weighted by molar-refractivity contribution is -0.122. The number of hydrogen-bond acceptors (Lipinski definition) is 4. The molecule has 0 radical (unpaired) electrons. The molecule has 0 N–H and O–H groups in total. The highest BCUT2D eigenvalue weighted by molar-refractivity contribution is 7.86. The highest BCUT2D eigenvalue weighted by Crippen LogP contribution is 2.32. The lowest BCUT2D eigenvalue weighted by Gasteiger charge is -2.30. The second-order valence-electron chi connectivity index (χ2n) is 4.74. The van der Waals surface area contributed by atoms with Crippen molar-refractivity contribution in [2.24, 2.45) is 11.8 Å². The maximum atomic E-state index is 11.2. The highest BCUT2D eigenvalue weighted by Gasteiger charge is 2.29. The maximum absolute atomic E-state index is 11.2. The Morgan fingerprint density at radius 1 is 1.25 bits per heavy atom. The van der Waals surface area contributed by atoms with Crippen molar-refractivity contribution < 1.29 is 17.4 Å². The van der Waals surface area contributed by atoms with E-state index in [2.05, 4.69) is 0 Å². The fourth-order valence-corrected chi connectivity index (χ4v) is 2.95. The maximum Gasteiger partial charge on any atom is 0.264 e. The third-order valence-electron chi connectivity index (χ3n) is 3.38. The standard InChI is InChI=1S/C11H20O4S/c1-8(9(2)12)10-4-6-11(7-5-10)15-16(3,13)14/h8,10-11H,4-7H2,1-3H3. The smallest absolute Gasteiger partial charge is 0.264 e. The van der Waals surface area contributed by atoms with E-state index in [0.717, 1.165) is 31.9 Å². The predicted octanol–water partition coefficient (Wildman–Crippen LogP) is 1.75. The second-order valence-corrected chi connectivity index (χ2v) is 6.34. The number of ketones is 1. The lowest BCUT2D eigenvalue weighted by Crippen LogP contribution is -2.28. The van der Waals surface area contributed by atoms with Crippen LogP contribution < -0.4 is 0 Å². The van der Waals surface area contributed by atoms with Crippen LogP contribution in [0.3, 0.4) is 0 Å². The van der Waals surface area contributed by atoms with Gasteiger partial charge in [-0.3, -0.25) is 8.98 Å². The lowest BCUT2D eigenvalue weighted by atomic mass is 9.78. The minimum Gasteiger partial charge on any atom is -0.300 e. The van der Waals surface area contributed by atoms with Gasteiger partial charge >= 0.3 is 0 Å². The van der Waals surface area contributed by atoms with E-state index in [0.29, 0.717) is 5.92 Å². The zero-order chi connectivity index (χ0) is 12.3. The quantitative estimate of drug-likeness (QED) is 0.711. The molecule has 94 valence electrons. The van der Waals surface area contributed by atoms with E-state index in [9.17, 15) is 13.2 Å². The summed E-state index contributed by atoms with van der Waals surface area (Å²) in [7, 11) is -3.34. The summed E-state index contributed by atoms with van der Waals surface area (Å²) in [5, 5.41) is 0. The van der Waals surface area contributed by atoms with Gasteiger partial charge in [-0.25, -0.2) is 0 Å². The molecule has 0 aromatic heterocycles.